The highest BCUT2D eigenvalue weighted by atomic mass is 35.5. The minimum Gasteiger partial charge on any atom is -1.00 e. The third kappa shape index (κ3) is 2.26. The van der Waals surface area contributed by atoms with Crippen molar-refractivity contribution < 1.29 is 26.2 Å². The molecule has 0 saturated carbocycles. The molecule has 0 fully saturated rings. The average molecular weight is 187 g/mol. The number of nitrogens with zero attached hydrogens (tertiary/aromatic N) is 3. The van der Waals surface area contributed by atoms with E-state index in [9.17, 15) is 0 Å². The van der Waals surface area contributed by atoms with Gasteiger partial charge in [-0.15, -0.1) is 10.2 Å². The molecule has 0 atom stereocenters. The van der Waals surface area contributed by atoms with E-state index >= 15 is 0 Å². The lowest BCUT2D eigenvalue weighted by Gasteiger charge is -1.93. The molecular formula is C2H8Cl2N6-2. The van der Waals surface area contributed by atoms with Crippen molar-refractivity contribution in [3.63, 3.8) is 0 Å². The molecule has 62 valence electrons. The zero-order valence-electron chi connectivity index (χ0n) is 4.83. The van der Waals surface area contributed by atoms with Crippen molar-refractivity contribution >= 4 is 5.95 Å². The second kappa shape index (κ2) is 5.10. The Morgan fingerprint density at radius 2 is 2.20 bits per heavy atom. The molecule has 1 aromatic heterocycles. The Bertz CT molecular complexity index is 179. The number of nitrogen functional groups attached to an aromatic ring is 2. The van der Waals surface area contributed by atoms with Crippen molar-refractivity contribution in [1.29, 1.82) is 0 Å². The van der Waals surface area contributed by atoms with Crippen LogP contribution in [0.1, 0.15) is 1.43 Å². The average Bonchev–Trinajstić information content (AvgIpc) is 2.14. The van der Waals surface area contributed by atoms with Crippen LogP contribution in [0.2, 0.25) is 0 Å². The number of halogens is 2. The largest absolute Gasteiger partial charge is 1.00 e. The van der Waals surface area contributed by atoms with Gasteiger partial charge < -0.3 is 30.7 Å². The molecule has 0 aliphatic rings. The topological polar surface area (TPSA) is 94.8 Å². The van der Waals surface area contributed by atoms with Gasteiger partial charge in [0.25, 0.3) is 5.95 Å². The molecule has 10 heavy (non-hydrogen) atoms. The quantitative estimate of drug-likeness (QED) is 0.300. The Morgan fingerprint density at radius 1 is 1.60 bits per heavy atom. The van der Waals surface area contributed by atoms with E-state index < -0.39 is 0 Å². The lowest BCUT2D eigenvalue weighted by molar-refractivity contribution is -0.00100. The standard InChI is InChI=1S/C2H6N6.2ClH.H2/c3-6-2-7-5-1-8(2)4;;;/h1H,3-4H2,(H,6,7);3*1H/p-2. The van der Waals surface area contributed by atoms with Gasteiger partial charge in [0.05, 0.1) is 0 Å². The summed E-state index contributed by atoms with van der Waals surface area (Å²) in [6.07, 6.45) is 1.34. The first kappa shape index (κ1) is 12.0. The molecule has 0 saturated heterocycles. The van der Waals surface area contributed by atoms with Gasteiger partial charge in [-0.25, -0.2) is 10.5 Å². The summed E-state index contributed by atoms with van der Waals surface area (Å²) in [6, 6.07) is 0. The van der Waals surface area contributed by atoms with E-state index in [1.54, 1.807) is 0 Å². The Balaban J connectivity index is -0.000000213. The molecule has 0 bridgehead atoms. The van der Waals surface area contributed by atoms with Crippen molar-refractivity contribution in [3.8, 4) is 0 Å². The van der Waals surface area contributed by atoms with Crippen molar-refractivity contribution in [1.82, 2.24) is 14.9 Å². The fourth-order valence-corrected chi connectivity index (χ4v) is 0.346. The van der Waals surface area contributed by atoms with Gasteiger partial charge in [0.1, 0.15) is 6.33 Å². The van der Waals surface area contributed by atoms with Gasteiger partial charge in [-0.05, 0) is 0 Å². The van der Waals surface area contributed by atoms with Crippen molar-refractivity contribution in [2.75, 3.05) is 11.3 Å². The van der Waals surface area contributed by atoms with E-state index in [2.05, 4.69) is 15.6 Å². The maximum Gasteiger partial charge on any atom is 0.257 e. The third-order valence-electron chi connectivity index (χ3n) is 0.702. The van der Waals surface area contributed by atoms with Crippen LogP contribution in [0.4, 0.5) is 5.95 Å². The van der Waals surface area contributed by atoms with E-state index in [1.807, 2.05) is 0 Å². The zero-order chi connectivity index (χ0) is 5.98. The molecule has 1 heterocycles. The SMILES string of the molecule is NNc1nncn1N.[Cl-].[Cl-].[HH]. The van der Waals surface area contributed by atoms with Crippen LogP contribution in [0, 0.1) is 0 Å². The Morgan fingerprint density at radius 3 is 2.40 bits per heavy atom. The fraction of sp³-hybridized carbons (Fsp3) is 0. The first-order valence-electron chi connectivity index (χ1n) is 1.96. The molecule has 0 amide bonds. The van der Waals surface area contributed by atoms with Crippen molar-refractivity contribution in [2.45, 2.75) is 0 Å². The van der Waals surface area contributed by atoms with Gasteiger partial charge in [0.15, 0.2) is 0 Å². The summed E-state index contributed by atoms with van der Waals surface area (Å²) in [6.45, 7) is 0. The summed E-state index contributed by atoms with van der Waals surface area (Å²) in [4.78, 5) is 0. The smallest absolute Gasteiger partial charge is 0.257 e. The molecule has 5 N–H and O–H groups in total. The van der Waals surface area contributed by atoms with E-state index in [0.29, 0.717) is 5.95 Å². The zero-order valence-corrected chi connectivity index (χ0v) is 6.34. The van der Waals surface area contributed by atoms with Crippen LogP contribution in [0.15, 0.2) is 6.33 Å². The van der Waals surface area contributed by atoms with E-state index in [4.69, 9.17) is 11.7 Å². The first-order chi connectivity index (χ1) is 3.84. The van der Waals surface area contributed by atoms with Gasteiger partial charge in [0.2, 0.25) is 0 Å². The van der Waals surface area contributed by atoms with Crippen LogP contribution in [0.5, 0.6) is 0 Å². The van der Waals surface area contributed by atoms with Crippen LogP contribution in [0.25, 0.3) is 0 Å². The second-order valence-electron chi connectivity index (χ2n) is 1.21. The number of nitrogens with one attached hydrogen (secondary N) is 1. The van der Waals surface area contributed by atoms with Gasteiger partial charge in [0, 0.05) is 1.43 Å². The molecule has 0 radical (unpaired) electrons. The first-order valence-corrected chi connectivity index (χ1v) is 1.96. The summed E-state index contributed by atoms with van der Waals surface area (Å²) >= 11 is 0. The van der Waals surface area contributed by atoms with Crippen molar-refractivity contribution in [3.05, 3.63) is 6.33 Å². The molecule has 0 aromatic carbocycles. The maximum atomic E-state index is 5.20. The number of aromatic nitrogens is 3. The predicted octanol–water partition coefficient (Wildman–Crippen LogP) is -7.47. The lowest BCUT2D eigenvalue weighted by atomic mass is 11.1. The Labute approximate surface area is 71.2 Å². The molecule has 6 nitrogen and oxygen atoms in total. The van der Waals surface area contributed by atoms with E-state index in [1.165, 1.54) is 11.0 Å². The third-order valence-corrected chi connectivity index (χ3v) is 0.702. The molecule has 0 unspecified atom stereocenters. The number of hydrazine groups is 1. The summed E-state index contributed by atoms with van der Waals surface area (Å²) in [5, 5.41) is 6.92. The van der Waals surface area contributed by atoms with Crippen LogP contribution in [-0.4, -0.2) is 14.9 Å². The summed E-state index contributed by atoms with van der Waals surface area (Å²) < 4.78 is 1.18. The lowest BCUT2D eigenvalue weighted by Crippen LogP contribution is -3.00. The number of rotatable bonds is 1. The summed E-state index contributed by atoms with van der Waals surface area (Å²) in [5.74, 6) is 10.5. The number of anilines is 1. The Kier molecular flexibility index (Phi) is 6.12. The van der Waals surface area contributed by atoms with E-state index in [-0.39, 0.29) is 26.2 Å². The number of hydrogen-bond acceptors (Lipinski definition) is 5. The highest BCUT2D eigenvalue weighted by Gasteiger charge is 1.92. The van der Waals surface area contributed by atoms with Crippen LogP contribution in [0.3, 0.4) is 0 Å². The van der Waals surface area contributed by atoms with Gasteiger partial charge in [-0.3, -0.25) is 5.43 Å². The summed E-state index contributed by atoms with van der Waals surface area (Å²) in [7, 11) is 0. The molecule has 0 aliphatic carbocycles. The highest BCUT2D eigenvalue weighted by Crippen LogP contribution is 1.89. The molecule has 8 heteroatoms. The van der Waals surface area contributed by atoms with Gasteiger partial charge in [-0.1, -0.05) is 0 Å². The fourth-order valence-electron chi connectivity index (χ4n) is 0.346. The number of hydrogen-bond donors (Lipinski definition) is 3. The molecular weight excluding hydrogens is 179 g/mol. The van der Waals surface area contributed by atoms with Crippen LogP contribution in [-0.2, 0) is 0 Å². The van der Waals surface area contributed by atoms with Crippen molar-refractivity contribution in [2.24, 2.45) is 5.84 Å². The normalized spacial score (nSPS) is 7.30. The van der Waals surface area contributed by atoms with Gasteiger partial charge >= 0.3 is 0 Å². The highest BCUT2D eigenvalue weighted by molar-refractivity contribution is 5.19. The van der Waals surface area contributed by atoms with Crippen LogP contribution < -0.4 is 41.9 Å². The summed E-state index contributed by atoms with van der Waals surface area (Å²) in [5.41, 5.74) is 2.24. The maximum absolute atomic E-state index is 5.20. The molecule has 0 aliphatic heterocycles. The Hall–Kier alpha value is -0.720. The molecule has 0 spiro atoms. The second-order valence-corrected chi connectivity index (χ2v) is 1.21. The minimum absolute atomic E-state index is 0. The van der Waals surface area contributed by atoms with Gasteiger partial charge in [-0.2, -0.15) is 0 Å². The van der Waals surface area contributed by atoms with Crippen LogP contribution >= 0.6 is 0 Å². The minimum atomic E-state index is 0. The number of nitrogens with two attached hydrogens (primary N) is 2. The molecule has 1 rings (SSSR count). The van der Waals surface area contributed by atoms with E-state index in [0.717, 1.165) is 0 Å². The monoisotopic (exact) mass is 186 g/mol. The molecule has 1 aromatic rings. The predicted molar refractivity (Wildman–Crippen MR) is 30.1 cm³/mol.